The third kappa shape index (κ3) is 24.3. The van der Waals surface area contributed by atoms with Crippen molar-refractivity contribution >= 4 is 110 Å². The van der Waals surface area contributed by atoms with E-state index in [4.69, 9.17) is 61.4 Å². The molecule has 35 nitrogen and oxygen atoms in total. The molecule has 528 valence electrons. The fraction of sp³-hybridized carbons (Fsp3) is 0.413. The Morgan fingerprint density at radius 3 is 0.867 bits per heavy atom. The van der Waals surface area contributed by atoms with Crippen molar-refractivity contribution in [2.24, 2.45) is 34.4 Å². The largest absolute Gasteiger partial charge is 0.480 e. The van der Waals surface area contributed by atoms with Crippen LogP contribution in [-0.4, -0.2) is 178 Å². The number of carboxylic acids is 1. The van der Waals surface area contributed by atoms with Crippen molar-refractivity contribution in [2.75, 3.05) is 32.7 Å². The first-order chi connectivity index (χ1) is 46.9. The summed E-state index contributed by atoms with van der Waals surface area (Å²) < 4.78 is 0. The maximum absolute atomic E-state index is 15.3. The number of nitrogens with two attached hydrogens (primary N) is 6. The van der Waals surface area contributed by atoms with E-state index in [1.54, 1.807) is 67.1 Å². The van der Waals surface area contributed by atoms with Crippen molar-refractivity contribution < 1.29 is 43.5 Å². The summed E-state index contributed by atoms with van der Waals surface area (Å²) in [6.45, 7) is 0.533. The Morgan fingerprint density at radius 2 is 0.582 bits per heavy atom. The SMILES string of the molecule is N=C(N)NCCC[C@H](NC(=O)[C@H](CCCNC(=N)N)NC(=O)[C@H](CCCNC(=N)N)NC(=O)[C@H](Cc1c[nH]c2ccccc12)NC(=O)[C@H](Cc1c[nH]c2ccccc12)NC(=O)[C@H](CCCNC(=N)N)NC(=O)[C@@H](N)CCCNC(=N)N)C(=O)N[C@@H](Cc1c[nH]c2ccccc12)C(=O)O. The highest BCUT2D eigenvalue weighted by molar-refractivity contribution is 5.99. The second-order valence-electron chi connectivity index (χ2n) is 23.5. The number of carbonyl (C=O) groups is 8. The van der Waals surface area contributed by atoms with Crippen LogP contribution in [0, 0.1) is 27.0 Å². The molecule has 8 atom stereocenters. The zero-order valence-electron chi connectivity index (χ0n) is 54.2. The molecule has 0 spiro atoms. The van der Waals surface area contributed by atoms with E-state index in [2.05, 4.69) is 78.8 Å². The number of aromatic amines is 3. The number of benzene rings is 3. The van der Waals surface area contributed by atoms with E-state index in [0.29, 0.717) is 44.9 Å². The number of carbonyl (C=O) groups excluding carboxylic acids is 7. The van der Waals surface area contributed by atoms with Gasteiger partial charge in [0, 0.05) is 103 Å². The zero-order chi connectivity index (χ0) is 71.3. The van der Waals surface area contributed by atoms with Crippen molar-refractivity contribution in [1.82, 2.24) is 78.8 Å². The highest BCUT2D eigenvalue weighted by Crippen LogP contribution is 2.23. The zero-order valence-corrected chi connectivity index (χ0v) is 54.2. The van der Waals surface area contributed by atoms with E-state index in [1.807, 2.05) is 24.3 Å². The average molecular weight is 1360 g/mol. The first kappa shape index (κ1) is 75.4. The number of carboxylic acid groups (broad SMARTS) is 1. The fourth-order valence-electron chi connectivity index (χ4n) is 11.0. The summed E-state index contributed by atoms with van der Waals surface area (Å²) in [5.41, 5.74) is 37.8. The second-order valence-corrected chi connectivity index (χ2v) is 23.5. The first-order valence-electron chi connectivity index (χ1n) is 32.0. The van der Waals surface area contributed by atoms with Crippen molar-refractivity contribution in [2.45, 2.75) is 132 Å². The standard InChI is InChI=1S/C63H92N26O9/c64-40(15-7-23-75-59(65)66)51(90)83-44(19-8-24-76-60(67)68)54(93)87-49(29-35-32-81-42-17-5-2-13-38(35)42)57(96)88-48(28-34-31-80-41-16-4-1-12-37(34)41)56(95)86-46(21-10-26-78-62(71)72)53(92)84-45(20-9-25-77-61(69)70)52(91)85-47(22-11-27-79-63(73)74)55(94)89-50(58(97)98)30-36-33-82-43-18-6-3-14-39(36)43/h1-6,12-14,16-18,31-33,40,44-50,80-82H,7-11,15,19-30,64H2,(H,83,90)(H,84,92)(H,85,91)(H,86,95)(H,87,93)(H,88,96)(H,89,94)(H,97,98)(H4,65,66,75)(H4,67,68,76)(H4,69,70,77)(H4,71,72,78)(H4,73,74,79)/t40-,44-,45-,46-,47-,48-,49-,50-/m0/s1. The van der Waals surface area contributed by atoms with Gasteiger partial charge in [-0.3, -0.25) is 60.6 Å². The Labute approximate surface area is 564 Å². The molecule has 0 saturated heterocycles. The summed E-state index contributed by atoms with van der Waals surface area (Å²) in [4.78, 5) is 125. The Morgan fingerprint density at radius 1 is 0.347 bits per heavy atom. The van der Waals surface area contributed by atoms with E-state index in [1.165, 1.54) is 0 Å². The van der Waals surface area contributed by atoms with E-state index in [-0.39, 0.29) is 140 Å². The number of H-pyrrole nitrogens is 3. The molecule has 6 aromatic rings. The number of hydrogen-bond donors (Lipinski definition) is 27. The molecule has 33 N–H and O–H groups in total. The predicted molar refractivity (Wildman–Crippen MR) is 371 cm³/mol. The quantitative estimate of drug-likeness (QED) is 0.0105. The summed E-state index contributed by atoms with van der Waals surface area (Å²) in [5, 5.41) is 83.1. The van der Waals surface area contributed by atoms with E-state index in [0.717, 1.165) is 10.9 Å². The summed E-state index contributed by atoms with van der Waals surface area (Å²) in [6.07, 6.45) is 4.97. The number of nitrogens with one attached hydrogen (secondary N) is 20. The summed E-state index contributed by atoms with van der Waals surface area (Å²) in [7, 11) is 0. The highest BCUT2D eigenvalue weighted by Gasteiger charge is 2.36. The van der Waals surface area contributed by atoms with Crippen LogP contribution in [0.4, 0.5) is 0 Å². The number of guanidine groups is 5. The third-order valence-electron chi connectivity index (χ3n) is 16.0. The van der Waals surface area contributed by atoms with Crippen molar-refractivity contribution in [1.29, 1.82) is 27.0 Å². The lowest BCUT2D eigenvalue weighted by Crippen LogP contribution is -2.60. The van der Waals surface area contributed by atoms with Gasteiger partial charge in [-0.25, -0.2) is 4.79 Å². The summed E-state index contributed by atoms with van der Waals surface area (Å²) in [6, 6.07) is 10.3. The normalized spacial score (nSPS) is 13.5. The Bertz CT molecular complexity index is 3770. The van der Waals surface area contributed by atoms with Gasteiger partial charge >= 0.3 is 5.97 Å². The molecule has 35 heteroatoms. The van der Waals surface area contributed by atoms with Gasteiger partial charge in [-0.15, -0.1) is 0 Å². The monoisotopic (exact) mass is 1360 g/mol. The Balaban J connectivity index is 1.32. The number of hydrogen-bond acceptors (Lipinski definition) is 14. The molecule has 0 saturated carbocycles. The Kier molecular flexibility index (Phi) is 29.3. The van der Waals surface area contributed by atoms with Gasteiger partial charge in [0.15, 0.2) is 29.8 Å². The van der Waals surface area contributed by atoms with Crippen LogP contribution < -0.4 is 98.2 Å². The molecule has 0 aliphatic rings. The van der Waals surface area contributed by atoms with E-state index >= 15 is 14.4 Å². The Hall–Kier alpha value is -11.7. The van der Waals surface area contributed by atoms with Crippen LogP contribution >= 0.6 is 0 Å². The van der Waals surface area contributed by atoms with Gasteiger partial charge in [0.2, 0.25) is 41.4 Å². The lowest BCUT2D eigenvalue weighted by molar-refractivity contribution is -0.142. The molecule has 0 bridgehead atoms. The minimum absolute atomic E-state index is 0.0249. The predicted octanol–water partition coefficient (Wildman–Crippen LogP) is -2.72. The number of para-hydroxylation sites is 3. The van der Waals surface area contributed by atoms with Gasteiger partial charge in [0.05, 0.1) is 6.04 Å². The van der Waals surface area contributed by atoms with Gasteiger partial charge in [0.25, 0.3) is 0 Å². The topological polar surface area (TPSA) is 624 Å². The maximum atomic E-state index is 15.3. The lowest BCUT2D eigenvalue weighted by Gasteiger charge is -2.28. The third-order valence-corrected chi connectivity index (χ3v) is 16.0. The molecule has 0 unspecified atom stereocenters. The second kappa shape index (κ2) is 38.0. The van der Waals surface area contributed by atoms with Gasteiger partial charge in [0.1, 0.15) is 42.3 Å². The number of amides is 7. The first-order valence-corrected chi connectivity index (χ1v) is 32.0. The fourth-order valence-corrected chi connectivity index (χ4v) is 11.0. The molecule has 0 fully saturated rings. The summed E-state index contributed by atoms with van der Waals surface area (Å²) in [5.74, 6) is -9.07. The van der Waals surface area contributed by atoms with Crippen LogP contribution in [0.5, 0.6) is 0 Å². The van der Waals surface area contributed by atoms with Crippen LogP contribution in [0.25, 0.3) is 32.7 Å². The highest BCUT2D eigenvalue weighted by atomic mass is 16.4. The lowest BCUT2D eigenvalue weighted by atomic mass is 10.00. The van der Waals surface area contributed by atoms with Crippen LogP contribution in [0.2, 0.25) is 0 Å². The summed E-state index contributed by atoms with van der Waals surface area (Å²) >= 11 is 0. The van der Waals surface area contributed by atoms with Gasteiger partial charge in [-0.05, 0) is 99.1 Å². The molecule has 0 radical (unpaired) electrons. The van der Waals surface area contributed by atoms with E-state index in [9.17, 15) is 29.1 Å². The molecule has 3 aromatic heterocycles. The van der Waals surface area contributed by atoms with Gasteiger partial charge < -0.3 is 118 Å². The molecule has 3 heterocycles. The average Bonchev–Trinajstić information content (AvgIpc) is 1.65. The van der Waals surface area contributed by atoms with Gasteiger partial charge in [-0.1, -0.05) is 54.6 Å². The minimum atomic E-state index is -1.53. The molecule has 98 heavy (non-hydrogen) atoms. The molecule has 0 aliphatic carbocycles. The molecule has 3 aromatic carbocycles. The maximum Gasteiger partial charge on any atom is 0.326 e. The molecule has 7 amide bonds. The van der Waals surface area contributed by atoms with Crippen LogP contribution in [0.15, 0.2) is 91.4 Å². The molecular formula is C63H92N26O9. The number of fused-ring (bicyclic) bond motifs is 3. The smallest absolute Gasteiger partial charge is 0.326 e. The van der Waals surface area contributed by atoms with Crippen LogP contribution in [-0.2, 0) is 57.6 Å². The number of aromatic nitrogens is 3. The van der Waals surface area contributed by atoms with E-state index < -0.39 is 95.7 Å². The van der Waals surface area contributed by atoms with Crippen molar-refractivity contribution in [3.05, 3.63) is 108 Å². The molecule has 6 rings (SSSR count). The van der Waals surface area contributed by atoms with Crippen LogP contribution in [0.3, 0.4) is 0 Å². The van der Waals surface area contributed by atoms with Gasteiger partial charge in [-0.2, -0.15) is 0 Å². The van der Waals surface area contributed by atoms with Crippen molar-refractivity contribution in [3.8, 4) is 0 Å². The van der Waals surface area contributed by atoms with Crippen molar-refractivity contribution in [3.63, 3.8) is 0 Å². The number of aliphatic carboxylic acids is 1. The van der Waals surface area contributed by atoms with Crippen LogP contribution in [0.1, 0.15) is 80.9 Å². The molecular weight excluding hydrogens is 1260 g/mol. The number of rotatable bonds is 41. The molecule has 0 aliphatic heterocycles. The minimum Gasteiger partial charge on any atom is -0.480 e.